The van der Waals surface area contributed by atoms with Crippen molar-refractivity contribution in [3.05, 3.63) is 88.7 Å². The Balaban J connectivity index is 2.57. The molecular weight excluding hydrogens is 426 g/mol. The summed E-state index contributed by atoms with van der Waals surface area (Å²) in [6.45, 7) is 14.1. The molecule has 6 nitrogen and oxygen atoms in total. The Labute approximate surface area is 202 Å². The molecule has 6 heteroatoms. The first-order valence-electron chi connectivity index (χ1n) is 11.0. The SMILES string of the molecule is C=C/C(=C(/C)N=CN1CC=C(C)C=N1)c1cc(C(=C/C=C(\C)C(=O)O)/C(C)=C\C)ccc1OC. The van der Waals surface area contributed by atoms with Gasteiger partial charge in [-0.15, -0.1) is 0 Å². The van der Waals surface area contributed by atoms with Crippen LogP contribution in [0.15, 0.2) is 87.7 Å². The highest BCUT2D eigenvalue weighted by Gasteiger charge is 2.13. The number of nitrogens with zero attached hydrogens (tertiary/aromatic N) is 3. The Bertz CT molecular complexity index is 1160. The van der Waals surface area contributed by atoms with E-state index >= 15 is 0 Å². The highest BCUT2D eigenvalue weighted by molar-refractivity contribution is 5.89. The zero-order chi connectivity index (χ0) is 25.3. The van der Waals surface area contributed by atoms with Gasteiger partial charge < -0.3 is 9.84 Å². The smallest absolute Gasteiger partial charge is 0.331 e. The first-order chi connectivity index (χ1) is 16.2. The molecule has 0 bridgehead atoms. The van der Waals surface area contributed by atoms with Crippen LogP contribution in [-0.2, 0) is 4.79 Å². The van der Waals surface area contributed by atoms with Gasteiger partial charge in [0.25, 0.3) is 0 Å². The number of carboxylic acids is 1. The van der Waals surface area contributed by atoms with Gasteiger partial charge in [-0.05, 0) is 69.0 Å². The van der Waals surface area contributed by atoms with E-state index in [1.165, 1.54) is 0 Å². The average molecular weight is 460 g/mol. The van der Waals surface area contributed by atoms with Crippen LogP contribution in [0, 0.1) is 0 Å². The number of hydrazone groups is 1. The topological polar surface area (TPSA) is 74.5 Å². The lowest BCUT2D eigenvalue weighted by Crippen LogP contribution is -2.18. The minimum atomic E-state index is -0.946. The quantitative estimate of drug-likeness (QED) is 0.204. The van der Waals surface area contributed by atoms with E-state index in [0.29, 0.717) is 12.3 Å². The molecule has 0 aromatic heterocycles. The van der Waals surface area contributed by atoms with Gasteiger partial charge in [0.15, 0.2) is 0 Å². The molecular formula is C28H33N3O3. The zero-order valence-electron chi connectivity index (χ0n) is 20.8. The molecule has 1 aromatic carbocycles. The van der Waals surface area contributed by atoms with Crippen LogP contribution >= 0.6 is 0 Å². The van der Waals surface area contributed by atoms with E-state index < -0.39 is 5.97 Å². The summed E-state index contributed by atoms with van der Waals surface area (Å²) < 4.78 is 5.64. The third-order valence-corrected chi connectivity index (χ3v) is 5.48. The number of carboxylic acid groups (broad SMARTS) is 1. The Morgan fingerprint density at radius 2 is 1.97 bits per heavy atom. The molecule has 0 aliphatic carbocycles. The van der Waals surface area contributed by atoms with Crippen molar-refractivity contribution in [2.45, 2.75) is 34.6 Å². The number of carbonyl (C=O) groups is 1. The third-order valence-electron chi connectivity index (χ3n) is 5.48. The van der Waals surface area contributed by atoms with Crippen LogP contribution in [0.3, 0.4) is 0 Å². The van der Waals surface area contributed by atoms with Crippen LogP contribution in [0.5, 0.6) is 5.75 Å². The highest BCUT2D eigenvalue weighted by atomic mass is 16.5. The molecule has 0 spiro atoms. The van der Waals surface area contributed by atoms with E-state index in [9.17, 15) is 9.90 Å². The maximum absolute atomic E-state index is 11.2. The van der Waals surface area contributed by atoms with Crippen molar-refractivity contribution in [2.75, 3.05) is 13.7 Å². The molecule has 0 saturated carbocycles. The normalized spacial score (nSPS) is 15.9. The van der Waals surface area contributed by atoms with E-state index in [0.717, 1.165) is 39.1 Å². The summed E-state index contributed by atoms with van der Waals surface area (Å²) in [5.41, 5.74) is 6.70. The molecule has 0 fully saturated rings. The summed E-state index contributed by atoms with van der Waals surface area (Å²) in [5.74, 6) is -0.254. The van der Waals surface area contributed by atoms with E-state index in [1.54, 1.807) is 43.7 Å². The minimum absolute atomic E-state index is 0.261. The Hall–Kier alpha value is -3.93. The van der Waals surface area contributed by atoms with Gasteiger partial charge in [0.2, 0.25) is 0 Å². The number of hydrogen-bond acceptors (Lipinski definition) is 4. The van der Waals surface area contributed by atoms with Crippen LogP contribution in [0.25, 0.3) is 11.1 Å². The van der Waals surface area contributed by atoms with E-state index in [4.69, 9.17) is 4.74 Å². The second-order valence-corrected chi connectivity index (χ2v) is 7.88. The molecule has 1 aromatic rings. The maximum atomic E-state index is 11.2. The van der Waals surface area contributed by atoms with Gasteiger partial charge in [0.1, 0.15) is 12.1 Å². The molecule has 0 saturated heterocycles. The van der Waals surface area contributed by atoms with Gasteiger partial charge in [0.05, 0.1) is 19.9 Å². The molecule has 0 atom stereocenters. The summed E-state index contributed by atoms with van der Waals surface area (Å²) in [6, 6.07) is 5.88. The second kappa shape index (κ2) is 12.3. The highest BCUT2D eigenvalue weighted by Crippen LogP contribution is 2.34. The molecule has 1 N–H and O–H groups in total. The third kappa shape index (κ3) is 6.78. The van der Waals surface area contributed by atoms with Crippen molar-refractivity contribution in [1.29, 1.82) is 0 Å². The molecule has 0 radical (unpaired) electrons. The Morgan fingerprint density at radius 3 is 2.53 bits per heavy atom. The molecule has 1 aliphatic rings. The number of benzene rings is 1. The van der Waals surface area contributed by atoms with Crippen LogP contribution in [0.4, 0.5) is 0 Å². The average Bonchev–Trinajstić information content (AvgIpc) is 2.83. The summed E-state index contributed by atoms with van der Waals surface area (Å²) in [4.78, 5) is 15.9. The van der Waals surface area contributed by atoms with Crippen LogP contribution in [0.1, 0.15) is 45.7 Å². The van der Waals surface area contributed by atoms with Gasteiger partial charge in [0, 0.05) is 22.4 Å². The predicted molar refractivity (Wildman–Crippen MR) is 142 cm³/mol. The van der Waals surface area contributed by atoms with Gasteiger partial charge in [-0.3, -0.25) is 5.01 Å². The van der Waals surface area contributed by atoms with Crippen LogP contribution < -0.4 is 4.74 Å². The maximum Gasteiger partial charge on any atom is 0.331 e. The van der Waals surface area contributed by atoms with Crippen molar-refractivity contribution >= 4 is 29.7 Å². The fraction of sp³-hybridized carbons (Fsp3) is 0.250. The second-order valence-electron chi connectivity index (χ2n) is 7.88. The van der Waals surface area contributed by atoms with E-state index in [2.05, 4.69) is 22.7 Å². The van der Waals surface area contributed by atoms with Crippen molar-refractivity contribution < 1.29 is 14.6 Å². The van der Waals surface area contributed by atoms with Crippen molar-refractivity contribution in [1.82, 2.24) is 5.01 Å². The monoisotopic (exact) mass is 459 g/mol. The molecule has 1 heterocycles. The fourth-order valence-corrected chi connectivity index (χ4v) is 3.23. The molecule has 1 aliphatic heterocycles. The summed E-state index contributed by atoms with van der Waals surface area (Å²) in [7, 11) is 1.63. The first-order valence-corrected chi connectivity index (χ1v) is 11.0. The van der Waals surface area contributed by atoms with Gasteiger partial charge in [-0.1, -0.05) is 43.0 Å². The molecule has 34 heavy (non-hydrogen) atoms. The van der Waals surface area contributed by atoms with Gasteiger partial charge >= 0.3 is 5.97 Å². The molecule has 0 amide bonds. The lowest BCUT2D eigenvalue weighted by molar-refractivity contribution is -0.132. The van der Waals surface area contributed by atoms with Crippen LogP contribution in [-0.4, -0.2) is 42.3 Å². The number of methoxy groups -OCH3 is 1. The van der Waals surface area contributed by atoms with Gasteiger partial charge in [-0.2, -0.15) is 5.10 Å². The summed E-state index contributed by atoms with van der Waals surface area (Å²) >= 11 is 0. The predicted octanol–water partition coefficient (Wildman–Crippen LogP) is 6.27. The Kier molecular flexibility index (Phi) is 9.56. The van der Waals surface area contributed by atoms with Crippen molar-refractivity contribution in [2.24, 2.45) is 10.1 Å². The largest absolute Gasteiger partial charge is 0.496 e. The molecule has 0 unspecified atom stereocenters. The molecule has 2 rings (SSSR count). The van der Waals surface area contributed by atoms with E-state index in [-0.39, 0.29) is 5.57 Å². The standard InChI is InChI=1S/C28H33N3O3/c1-8-20(4)25(12-10-21(5)28(32)33)23-11-13-27(34-7)26(16-23)24(9-2)22(6)29-18-31-15-14-19(3)17-30-31/h8-14,16-18H,2,15H2,1,3-7H3,(H,32,33)/b20-8-,21-10+,24-22+,25-12+,29-18?. The van der Waals surface area contributed by atoms with E-state index in [1.807, 2.05) is 58.0 Å². The van der Waals surface area contributed by atoms with Gasteiger partial charge in [-0.25, -0.2) is 9.79 Å². The zero-order valence-corrected chi connectivity index (χ0v) is 20.8. The first kappa shape index (κ1) is 26.3. The lowest BCUT2D eigenvalue weighted by Gasteiger charge is -2.16. The molecule has 178 valence electrons. The van der Waals surface area contributed by atoms with Crippen molar-refractivity contribution in [3.63, 3.8) is 0 Å². The number of rotatable bonds is 9. The number of hydrogen-bond donors (Lipinski definition) is 1. The Morgan fingerprint density at radius 1 is 1.24 bits per heavy atom. The number of aliphatic imine (C=N–C) groups is 1. The number of aliphatic carboxylic acids is 1. The minimum Gasteiger partial charge on any atom is -0.496 e. The van der Waals surface area contributed by atoms with Crippen LogP contribution in [0.2, 0.25) is 0 Å². The fourth-order valence-electron chi connectivity index (χ4n) is 3.23. The number of allylic oxidation sites excluding steroid dienone is 9. The lowest BCUT2D eigenvalue weighted by atomic mass is 9.93. The number of ether oxygens (including phenoxy) is 1. The summed E-state index contributed by atoms with van der Waals surface area (Å²) in [5, 5.41) is 15.3. The van der Waals surface area contributed by atoms with Crippen molar-refractivity contribution in [3.8, 4) is 5.75 Å². The summed E-state index contributed by atoms with van der Waals surface area (Å²) in [6.07, 6.45) is 12.8.